The van der Waals surface area contributed by atoms with Crippen LogP contribution in [0.1, 0.15) is 87.7 Å². The Bertz CT molecular complexity index is 3330. The average molecular weight is 1270 g/mol. The van der Waals surface area contributed by atoms with E-state index in [9.17, 15) is 97.3 Å². The number of aliphatic hydroxyl groups excluding tert-OH is 8. The Morgan fingerprint density at radius 3 is 2.11 bits per heavy atom. The van der Waals surface area contributed by atoms with Gasteiger partial charge in [-0.1, -0.05) is 50.0 Å². The number of aliphatic hydroxyl groups is 8. The van der Waals surface area contributed by atoms with Crippen LogP contribution in [-0.4, -0.2) is 214 Å². The number of carbonyl (C=O) groups excluding carboxylic acids is 8. The zero-order valence-corrected chi connectivity index (χ0v) is 49.1. The van der Waals surface area contributed by atoms with Crippen molar-refractivity contribution in [2.24, 2.45) is 17.6 Å². The molecule has 7 amide bonds. The van der Waals surface area contributed by atoms with Gasteiger partial charge in [0.1, 0.15) is 47.8 Å². The molecule has 7 rings (SSSR count). The van der Waals surface area contributed by atoms with Gasteiger partial charge in [-0.05, 0) is 67.4 Å². The average Bonchev–Trinajstić information content (AvgIpc) is 2.76. The number of nitrogens with zero attached hydrogens (tertiary/aromatic N) is 3. The van der Waals surface area contributed by atoms with Crippen LogP contribution in [0.2, 0.25) is 0 Å². The zero-order chi connectivity index (χ0) is 65.3. The van der Waals surface area contributed by atoms with Crippen molar-refractivity contribution < 1.29 is 111 Å². The number of nitrogens with two attached hydrogens (primary N) is 1. The first-order valence-corrected chi connectivity index (χ1v) is 29.7. The summed E-state index contributed by atoms with van der Waals surface area (Å²) < 4.78 is 48.2. The fourth-order valence-corrected chi connectivity index (χ4v) is 11.0. The maximum atomic E-state index is 14.7. The standard InChI is InChI=1S/C57H72N8O23S/c1-4-5-6-17-86-33-14-11-29(12-15-33)42-22-35(63-87-42)28-7-9-30(10-8-28)51(76)59-36-21-41(71)54(79)62-55(80)47-48(73)26(2)24-65(47)57(82)46(40(70)23-44(58)72)61-52(77)34(50(75)49(74)31-13-16-38(68)43(18-31)88-89(83,84)85)20-39(69)37-19-32(67)25-64(37)56(81)45(27(3)66)60-53(36)78/h7-16,18,22,26-27,32,34,36-37,40-41,45-50,54,66-68,70-71,73-75,79H,4-6,17,19-21,23-25H2,1-3H3,(H2,58,72)(H,59,76)(H,60,78)(H,61,77)(H,62,80)(H,83,84,85)/t26-,27+,32+,34-,36-,37-,40+,41+,45?,46-,47-,48-,49-,50-,54+/m0/s1. The highest BCUT2D eigenvalue weighted by molar-refractivity contribution is 7.81. The number of ketones is 1. The minimum absolute atomic E-state index is 0.0997. The summed E-state index contributed by atoms with van der Waals surface area (Å²) in [4.78, 5) is 115. The normalized spacial score (nSPS) is 26.5. The third-order valence-electron chi connectivity index (χ3n) is 15.5. The third kappa shape index (κ3) is 17.0. The zero-order valence-electron chi connectivity index (χ0n) is 48.3. The second kappa shape index (κ2) is 29.4. The van der Waals surface area contributed by atoms with Gasteiger partial charge in [-0.3, -0.25) is 42.9 Å². The number of nitrogens with one attached hydrogen (secondary N) is 4. The van der Waals surface area contributed by atoms with Crippen LogP contribution < -0.4 is 35.9 Å². The van der Waals surface area contributed by atoms with Gasteiger partial charge in [0.25, 0.3) is 5.91 Å². The van der Waals surface area contributed by atoms with E-state index in [0.717, 1.165) is 38.3 Å². The molecule has 0 aliphatic carbocycles. The first-order chi connectivity index (χ1) is 42.0. The lowest BCUT2D eigenvalue weighted by molar-refractivity contribution is -0.150. The van der Waals surface area contributed by atoms with E-state index in [1.807, 2.05) is 5.32 Å². The van der Waals surface area contributed by atoms with Gasteiger partial charge in [0.15, 0.2) is 29.3 Å². The van der Waals surface area contributed by atoms with Crippen molar-refractivity contribution >= 4 is 57.5 Å². The Labute approximate surface area is 508 Å². The number of fused-ring (bicyclic) bond motifs is 2. The molecule has 3 aromatic carbocycles. The number of Topliss-reactive ketones (excluding diaryl/α,β-unsaturated/α-hetero) is 1. The van der Waals surface area contributed by atoms with E-state index in [-0.39, 0.29) is 5.56 Å². The van der Waals surface area contributed by atoms with Crippen molar-refractivity contribution in [3.8, 4) is 39.8 Å². The van der Waals surface area contributed by atoms with Crippen molar-refractivity contribution in [3.05, 3.63) is 83.9 Å². The number of ether oxygens (including phenoxy) is 1. The van der Waals surface area contributed by atoms with Crippen LogP contribution in [0.15, 0.2) is 77.3 Å². The molecule has 3 aliphatic rings. The van der Waals surface area contributed by atoms with Gasteiger partial charge in [-0.15, -0.1) is 0 Å². The number of carbonyl (C=O) groups is 8. The second-order valence-corrected chi connectivity index (χ2v) is 23.2. The monoisotopic (exact) mass is 1270 g/mol. The van der Waals surface area contributed by atoms with E-state index >= 15 is 0 Å². The molecule has 0 bridgehead atoms. The van der Waals surface area contributed by atoms with Gasteiger partial charge >= 0.3 is 10.4 Å². The van der Waals surface area contributed by atoms with Crippen molar-refractivity contribution in [3.63, 3.8) is 0 Å². The molecule has 32 heteroatoms. The molecule has 31 nitrogen and oxygen atoms in total. The van der Waals surface area contributed by atoms with E-state index < -0.39 is 204 Å². The Morgan fingerprint density at radius 1 is 0.820 bits per heavy atom. The Balaban J connectivity index is 1.22. The smallest absolute Gasteiger partial charge is 0.446 e. The van der Waals surface area contributed by atoms with Gasteiger partial charge in [-0.2, -0.15) is 8.42 Å². The largest absolute Gasteiger partial charge is 0.504 e. The number of hydrogen-bond acceptors (Lipinski definition) is 23. The number of hydrogen-bond donors (Lipinski definition) is 15. The lowest BCUT2D eigenvalue weighted by Crippen LogP contribution is -2.61. The molecule has 3 saturated heterocycles. The van der Waals surface area contributed by atoms with E-state index in [2.05, 4.69) is 32.2 Å². The van der Waals surface area contributed by atoms with Gasteiger partial charge in [0, 0.05) is 61.0 Å². The highest BCUT2D eigenvalue weighted by Crippen LogP contribution is 2.35. The Hall–Kier alpha value is -8.18. The number of unbranched alkanes of at least 4 members (excludes halogenated alkanes) is 2. The van der Waals surface area contributed by atoms with E-state index in [1.165, 1.54) is 31.2 Å². The summed E-state index contributed by atoms with van der Waals surface area (Å²) in [5.74, 6) is -14.7. The maximum Gasteiger partial charge on any atom is 0.446 e. The fraction of sp³-hybridized carbons (Fsp3) is 0.491. The number of aromatic nitrogens is 1. The van der Waals surface area contributed by atoms with E-state index in [0.29, 0.717) is 50.8 Å². The van der Waals surface area contributed by atoms with E-state index in [1.54, 1.807) is 30.3 Å². The summed E-state index contributed by atoms with van der Waals surface area (Å²) in [6.45, 7) is 3.82. The first-order valence-electron chi connectivity index (χ1n) is 28.3. The summed E-state index contributed by atoms with van der Waals surface area (Å²) in [5, 5.41) is 114. The summed E-state index contributed by atoms with van der Waals surface area (Å²) >= 11 is 0. The molecule has 4 aromatic rings. The SMILES string of the molecule is CCCCCOc1ccc(-c2cc(-c3ccc(C(=O)N[C@H]4C[C@@H](O)[C@@H](O)NC(=O)[C@@H]5[C@@H](O)[C@@H](C)CN5C(=O)[C@H]([C@H](O)CC(N)=O)NC(=O)[C@H]([C@H](O)[C@@H](O)c5ccc(O)c(OS(=O)(=O)O)c5)CC(=O)[C@@H]5C[C@@H](O)CN5C(=O)C([C@@H](C)O)NC4=O)cc3)no2)cc1. The minimum Gasteiger partial charge on any atom is -0.504 e. The highest BCUT2D eigenvalue weighted by atomic mass is 32.3. The second-order valence-electron chi connectivity index (χ2n) is 22.2. The number of primary amides is 1. The number of benzene rings is 3. The fourth-order valence-electron chi connectivity index (χ4n) is 10.6. The van der Waals surface area contributed by atoms with Crippen molar-refractivity contribution in [1.82, 2.24) is 36.2 Å². The molecule has 89 heavy (non-hydrogen) atoms. The molecule has 0 saturated carbocycles. The van der Waals surface area contributed by atoms with Gasteiger partial charge in [0.2, 0.25) is 35.4 Å². The van der Waals surface area contributed by atoms with Crippen LogP contribution in [0.3, 0.4) is 0 Å². The number of rotatable bonds is 18. The molecule has 1 aromatic heterocycles. The molecule has 0 spiro atoms. The first kappa shape index (κ1) is 68.3. The predicted octanol–water partition coefficient (Wildman–Crippen LogP) is -2.81. The highest BCUT2D eigenvalue weighted by Gasteiger charge is 2.51. The molecular formula is C57H72N8O23S. The summed E-state index contributed by atoms with van der Waals surface area (Å²) in [5.41, 5.74) is 6.24. The van der Waals surface area contributed by atoms with E-state index in [4.69, 9.17) is 15.0 Å². The lowest BCUT2D eigenvalue weighted by atomic mass is 9.86. The molecule has 16 N–H and O–H groups in total. The van der Waals surface area contributed by atoms with Crippen molar-refractivity contribution in [1.29, 1.82) is 0 Å². The molecule has 3 aliphatic heterocycles. The number of aromatic hydroxyl groups is 1. The molecule has 4 heterocycles. The van der Waals surface area contributed by atoms with Gasteiger partial charge in [-0.25, -0.2) is 0 Å². The van der Waals surface area contributed by atoms with Gasteiger partial charge in [0.05, 0.1) is 55.5 Å². The van der Waals surface area contributed by atoms with Crippen LogP contribution in [0.4, 0.5) is 0 Å². The molecule has 484 valence electrons. The maximum absolute atomic E-state index is 14.7. The van der Waals surface area contributed by atoms with Crippen LogP contribution in [0.25, 0.3) is 22.6 Å². The van der Waals surface area contributed by atoms with Crippen LogP contribution >= 0.6 is 0 Å². The topological polar surface area (TPSA) is 498 Å². The van der Waals surface area contributed by atoms with Crippen molar-refractivity contribution in [2.45, 2.75) is 145 Å². The van der Waals surface area contributed by atoms with Crippen LogP contribution in [0, 0.1) is 11.8 Å². The van der Waals surface area contributed by atoms with Crippen LogP contribution in [-0.2, 0) is 44.0 Å². The summed E-state index contributed by atoms with van der Waals surface area (Å²) in [7, 11) is -5.34. The quantitative estimate of drug-likeness (QED) is 0.0353. The summed E-state index contributed by atoms with van der Waals surface area (Å²) in [6, 6.07) is 6.44. The van der Waals surface area contributed by atoms with Gasteiger partial charge < -0.3 is 96.2 Å². The number of phenols is 1. The Morgan fingerprint density at radius 2 is 1.47 bits per heavy atom. The van der Waals surface area contributed by atoms with Crippen LogP contribution in [0.5, 0.6) is 17.2 Å². The Kier molecular flexibility index (Phi) is 22.6. The third-order valence-corrected chi connectivity index (χ3v) is 15.9. The molecule has 1 unspecified atom stereocenters. The molecule has 3 fully saturated rings. The molecule has 15 atom stereocenters. The predicted molar refractivity (Wildman–Crippen MR) is 305 cm³/mol. The van der Waals surface area contributed by atoms with Crippen molar-refractivity contribution in [2.75, 3.05) is 19.7 Å². The lowest BCUT2D eigenvalue weighted by Gasteiger charge is -2.34. The molecule has 0 radical (unpaired) electrons. The number of amides is 7. The minimum atomic E-state index is -5.34. The summed E-state index contributed by atoms with van der Waals surface area (Å²) in [6.07, 6.45) is -18.2. The number of phenolic OH excluding ortho intramolecular Hbond substituents is 1. The molecular weight excluding hydrogens is 1200 g/mol.